The fourth-order valence-corrected chi connectivity index (χ4v) is 2.06. The lowest BCUT2D eigenvalue weighted by atomic mass is 10.2. The summed E-state index contributed by atoms with van der Waals surface area (Å²) in [5.74, 6) is 0.850. The van der Waals surface area contributed by atoms with Crippen LogP contribution in [0.2, 0.25) is 0 Å². The third-order valence-corrected chi connectivity index (χ3v) is 3.10. The van der Waals surface area contributed by atoms with E-state index in [4.69, 9.17) is 4.74 Å². The molecule has 0 atom stereocenters. The summed E-state index contributed by atoms with van der Waals surface area (Å²) in [6, 6.07) is 9.74. The van der Waals surface area contributed by atoms with Crippen LogP contribution in [0.15, 0.2) is 55.1 Å². The van der Waals surface area contributed by atoms with E-state index in [2.05, 4.69) is 15.0 Å². The van der Waals surface area contributed by atoms with E-state index in [0.29, 0.717) is 13.3 Å². The predicted molar refractivity (Wildman–Crippen MR) is 80.3 cm³/mol. The molecule has 3 heterocycles. The van der Waals surface area contributed by atoms with Crippen LogP contribution in [0.1, 0.15) is 6.92 Å². The Bertz CT molecular complexity index is 692. The first-order chi connectivity index (χ1) is 10.4. The largest absolute Gasteiger partial charge is 0.361 e. The van der Waals surface area contributed by atoms with E-state index in [1.54, 1.807) is 12.4 Å². The molecule has 3 aromatic rings. The van der Waals surface area contributed by atoms with Gasteiger partial charge in [0, 0.05) is 37.0 Å². The number of pyridine rings is 2. The summed E-state index contributed by atoms with van der Waals surface area (Å²) in [6.45, 7) is 3.14. The molecule has 0 N–H and O–H groups in total. The average molecular weight is 280 g/mol. The molecule has 5 nitrogen and oxygen atoms in total. The second kappa shape index (κ2) is 6.28. The summed E-state index contributed by atoms with van der Waals surface area (Å²) in [5, 5.41) is 0. The number of rotatable bonds is 5. The normalized spacial score (nSPS) is 10.7. The topological polar surface area (TPSA) is 52.8 Å². The molecule has 0 amide bonds. The molecule has 0 aliphatic heterocycles. The van der Waals surface area contributed by atoms with Crippen molar-refractivity contribution in [2.75, 3.05) is 6.61 Å². The highest BCUT2D eigenvalue weighted by atomic mass is 16.5. The van der Waals surface area contributed by atoms with Gasteiger partial charge < -0.3 is 9.30 Å². The van der Waals surface area contributed by atoms with Gasteiger partial charge in [-0.1, -0.05) is 6.07 Å². The minimum atomic E-state index is 0.494. The second-order valence-corrected chi connectivity index (χ2v) is 4.49. The van der Waals surface area contributed by atoms with Crippen LogP contribution in [-0.4, -0.2) is 26.1 Å². The van der Waals surface area contributed by atoms with Crippen LogP contribution in [0.5, 0.6) is 0 Å². The number of hydrogen-bond acceptors (Lipinski definition) is 4. The van der Waals surface area contributed by atoms with Crippen LogP contribution in [0.4, 0.5) is 0 Å². The van der Waals surface area contributed by atoms with E-state index in [9.17, 15) is 0 Å². The summed E-state index contributed by atoms with van der Waals surface area (Å²) in [6.07, 6.45) is 7.24. The number of imidazole rings is 1. The van der Waals surface area contributed by atoms with Gasteiger partial charge in [-0.3, -0.25) is 9.97 Å². The Morgan fingerprint density at radius 3 is 2.62 bits per heavy atom. The SMILES string of the molecule is CCOCn1ccnc1-c1ccc(-c2ccccn2)nc1. The highest BCUT2D eigenvalue weighted by molar-refractivity contribution is 5.60. The molecule has 0 radical (unpaired) electrons. The van der Waals surface area contributed by atoms with Gasteiger partial charge in [-0.05, 0) is 31.2 Å². The Balaban J connectivity index is 1.86. The van der Waals surface area contributed by atoms with E-state index in [0.717, 1.165) is 22.8 Å². The van der Waals surface area contributed by atoms with Crippen molar-refractivity contribution in [1.29, 1.82) is 0 Å². The molecule has 0 unspecified atom stereocenters. The summed E-state index contributed by atoms with van der Waals surface area (Å²) in [4.78, 5) is 13.1. The molecule has 0 saturated carbocycles. The van der Waals surface area contributed by atoms with Crippen LogP contribution in [0.25, 0.3) is 22.8 Å². The molecule has 0 saturated heterocycles. The van der Waals surface area contributed by atoms with Crippen LogP contribution in [0.3, 0.4) is 0 Å². The first-order valence-electron chi connectivity index (χ1n) is 6.85. The van der Waals surface area contributed by atoms with Gasteiger partial charge in [0.25, 0.3) is 0 Å². The molecule has 3 aromatic heterocycles. The molecule has 0 spiro atoms. The first kappa shape index (κ1) is 13.5. The van der Waals surface area contributed by atoms with Crippen LogP contribution in [0, 0.1) is 0 Å². The van der Waals surface area contributed by atoms with Gasteiger partial charge in [0.15, 0.2) is 0 Å². The predicted octanol–water partition coefficient (Wildman–Crippen LogP) is 3.00. The number of nitrogens with zero attached hydrogens (tertiary/aromatic N) is 4. The third-order valence-electron chi connectivity index (χ3n) is 3.10. The molecular weight excluding hydrogens is 264 g/mol. The minimum absolute atomic E-state index is 0.494. The number of ether oxygens (including phenoxy) is 1. The van der Waals surface area contributed by atoms with E-state index in [1.165, 1.54) is 0 Å². The maximum atomic E-state index is 5.43. The lowest BCUT2D eigenvalue weighted by Gasteiger charge is -2.08. The zero-order valence-electron chi connectivity index (χ0n) is 11.8. The minimum Gasteiger partial charge on any atom is -0.361 e. The van der Waals surface area contributed by atoms with Gasteiger partial charge in [0.1, 0.15) is 12.6 Å². The van der Waals surface area contributed by atoms with Crippen molar-refractivity contribution in [3.05, 3.63) is 55.1 Å². The van der Waals surface area contributed by atoms with Crippen molar-refractivity contribution >= 4 is 0 Å². The van der Waals surface area contributed by atoms with E-state index >= 15 is 0 Å². The van der Waals surface area contributed by atoms with Crippen LogP contribution >= 0.6 is 0 Å². The van der Waals surface area contributed by atoms with Crippen LogP contribution < -0.4 is 0 Å². The Kier molecular flexibility index (Phi) is 4.02. The van der Waals surface area contributed by atoms with Crippen molar-refractivity contribution in [2.24, 2.45) is 0 Å². The van der Waals surface area contributed by atoms with Gasteiger partial charge in [0.2, 0.25) is 0 Å². The fraction of sp³-hybridized carbons (Fsp3) is 0.188. The lowest BCUT2D eigenvalue weighted by Crippen LogP contribution is -2.03. The summed E-state index contributed by atoms with van der Waals surface area (Å²) < 4.78 is 7.38. The van der Waals surface area contributed by atoms with E-state index in [1.807, 2.05) is 54.2 Å². The second-order valence-electron chi connectivity index (χ2n) is 4.49. The van der Waals surface area contributed by atoms with E-state index in [-0.39, 0.29) is 0 Å². The number of aromatic nitrogens is 4. The maximum Gasteiger partial charge on any atom is 0.143 e. The molecule has 0 aliphatic rings. The Morgan fingerprint density at radius 1 is 1.00 bits per heavy atom. The molecule has 0 aliphatic carbocycles. The summed E-state index contributed by atoms with van der Waals surface area (Å²) >= 11 is 0. The highest BCUT2D eigenvalue weighted by Gasteiger charge is 2.07. The first-order valence-corrected chi connectivity index (χ1v) is 6.85. The van der Waals surface area contributed by atoms with Gasteiger partial charge in [-0.25, -0.2) is 4.98 Å². The maximum absolute atomic E-state index is 5.43. The molecule has 0 aromatic carbocycles. The van der Waals surface area contributed by atoms with Gasteiger partial charge in [0.05, 0.1) is 11.4 Å². The van der Waals surface area contributed by atoms with Gasteiger partial charge in [-0.15, -0.1) is 0 Å². The summed E-state index contributed by atoms with van der Waals surface area (Å²) in [7, 11) is 0. The molecule has 5 heteroatoms. The van der Waals surface area contributed by atoms with Crippen LogP contribution in [-0.2, 0) is 11.5 Å². The van der Waals surface area contributed by atoms with Crippen molar-refractivity contribution in [3.63, 3.8) is 0 Å². The zero-order chi connectivity index (χ0) is 14.5. The van der Waals surface area contributed by atoms with Crippen molar-refractivity contribution in [1.82, 2.24) is 19.5 Å². The molecule has 21 heavy (non-hydrogen) atoms. The Labute approximate surface area is 123 Å². The highest BCUT2D eigenvalue weighted by Crippen LogP contribution is 2.20. The van der Waals surface area contributed by atoms with Crippen molar-refractivity contribution < 1.29 is 4.74 Å². The van der Waals surface area contributed by atoms with Crippen molar-refractivity contribution in [2.45, 2.75) is 13.7 Å². The third kappa shape index (κ3) is 2.98. The number of hydrogen-bond donors (Lipinski definition) is 0. The smallest absolute Gasteiger partial charge is 0.143 e. The Hall–Kier alpha value is -2.53. The molecule has 0 fully saturated rings. The quantitative estimate of drug-likeness (QED) is 0.721. The fourth-order valence-electron chi connectivity index (χ4n) is 2.06. The summed E-state index contributed by atoms with van der Waals surface area (Å²) in [5.41, 5.74) is 2.67. The van der Waals surface area contributed by atoms with E-state index < -0.39 is 0 Å². The van der Waals surface area contributed by atoms with Gasteiger partial charge in [-0.2, -0.15) is 0 Å². The Morgan fingerprint density at radius 2 is 1.90 bits per heavy atom. The molecule has 3 rings (SSSR count). The lowest BCUT2D eigenvalue weighted by molar-refractivity contribution is 0.0889. The molecule has 106 valence electrons. The standard InChI is InChI=1S/C16H16N4O/c1-2-21-12-20-10-9-18-16(20)13-6-7-15(19-11-13)14-5-3-4-8-17-14/h3-11H,2,12H2,1H3. The monoisotopic (exact) mass is 280 g/mol. The van der Waals surface area contributed by atoms with Crippen molar-refractivity contribution in [3.8, 4) is 22.8 Å². The average Bonchev–Trinajstić information content (AvgIpc) is 3.02. The van der Waals surface area contributed by atoms with Gasteiger partial charge >= 0.3 is 0 Å². The zero-order valence-corrected chi connectivity index (χ0v) is 11.8. The molecular formula is C16H16N4O. The molecule has 0 bridgehead atoms.